The van der Waals surface area contributed by atoms with E-state index in [1.165, 1.54) is 0 Å². The minimum absolute atomic E-state index is 0.871. The number of rotatable bonds is 6. The molecular weight excluding hydrogens is 568 g/mol. The highest BCUT2D eigenvalue weighted by Crippen LogP contribution is 2.38. The summed E-state index contributed by atoms with van der Waals surface area (Å²) in [5.41, 5.74) is 10.3. The van der Waals surface area contributed by atoms with E-state index in [1.54, 1.807) is 0 Å². The zero-order valence-corrected chi connectivity index (χ0v) is 25.6. The molecule has 4 aromatic heterocycles. The topological polar surface area (TPSA) is 61.9 Å². The van der Waals surface area contributed by atoms with Crippen molar-refractivity contribution in [3.05, 3.63) is 122 Å². The van der Waals surface area contributed by atoms with Gasteiger partial charge in [0.15, 0.2) is 0 Å². The van der Waals surface area contributed by atoms with Gasteiger partial charge in [0.25, 0.3) is 0 Å². The Bertz CT molecular complexity index is 2400. The van der Waals surface area contributed by atoms with Gasteiger partial charge >= 0.3 is 0 Å². The molecule has 0 bridgehead atoms. The molecule has 0 atom stereocenters. The molecule has 0 N–H and O–H groups in total. The number of nitrogens with zero attached hydrogens (tertiary/aromatic N) is 4. The number of benzene rings is 5. The number of furan rings is 2. The summed E-state index contributed by atoms with van der Waals surface area (Å²) in [6.07, 6.45) is 7.75. The van der Waals surface area contributed by atoms with Gasteiger partial charge in [0.1, 0.15) is 34.0 Å². The van der Waals surface area contributed by atoms with Crippen LogP contribution in [0.4, 0.5) is 0 Å². The first kappa shape index (κ1) is 26.5. The second-order valence-corrected chi connectivity index (χ2v) is 11.7. The number of fused-ring (bicyclic) bond motifs is 6. The molecule has 222 valence electrons. The van der Waals surface area contributed by atoms with Crippen molar-refractivity contribution in [2.75, 3.05) is 0 Å². The largest absolute Gasteiger partial charge is 0.456 e. The van der Waals surface area contributed by atoms with E-state index in [-0.39, 0.29) is 0 Å². The van der Waals surface area contributed by atoms with Gasteiger partial charge in [0, 0.05) is 70.5 Å². The molecular formula is C40H30N4O2. The quantitative estimate of drug-likeness (QED) is 0.191. The van der Waals surface area contributed by atoms with Gasteiger partial charge in [-0.25, -0.2) is 9.97 Å². The molecule has 6 nitrogen and oxygen atoms in total. The summed E-state index contributed by atoms with van der Waals surface area (Å²) < 4.78 is 16.8. The minimum atomic E-state index is 0.871. The zero-order valence-electron chi connectivity index (χ0n) is 25.6. The average Bonchev–Trinajstić information content (AvgIpc) is 3.91. The lowest BCUT2D eigenvalue weighted by Crippen LogP contribution is -1.95. The van der Waals surface area contributed by atoms with Crippen LogP contribution in [0.5, 0.6) is 0 Å². The van der Waals surface area contributed by atoms with Crippen molar-refractivity contribution in [1.29, 1.82) is 0 Å². The van der Waals surface area contributed by atoms with Crippen LogP contribution in [0.25, 0.3) is 88.9 Å². The van der Waals surface area contributed by atoms with E-state index in [4.69, 9.17) is 8.83 Å². The van der Waals surface area contributed by atoms with Crippen LogP contribution >= 0.6 is 0 Å². The van der Waals surface area contributed by atoms with E-state index in [0.717, 1.165) is 102 Å². The fraction of sp³-hybridized carbons (Fsp3) is 0.100. The van der Waals surface area contributed by atoms with Gasteiger partial charge in [-0.1, -0.05) is 30.3 Å². The lowest BCUT2D eigenvalue weighted by Gasteiger charge is -2.07. The number of aryl methyl sites for hydroxylation is 2. The summed E-state index contributed by atoms with van der Waals surface area (Å²) in [5.74, 6) is 1.93. The monoisotopic (exact) mass is 598 g/mol. The Morgan fingerprint density at radius 3 is 1.24 bits per heavy atom. The molecule has 0 spiro atoms. The molecule has 0 saturated heterocycles. The standard InChI is InChI=1S/C40H30N4O2/c1-3-43-18-16-41-39(43)29-10-14-37-33(23-29)31-21-27(8-12-35(31)45-37)25-6-5-7-26(20-25)28-9-13-36-32(22-28)34-24-30(11-15-38(34)46-36)40-42-17-19-44(40)4-2/h5-24H,3-4H2,1-2H3. The number of aromatic nitrogens is 4. The van der Waals surface area contributed by atoms with E-state index in [2.05, 4.69) is 130 Å². The Balaban J connectivity index is 1.12. The first-order chi connectivity index (χ1) is 22.7. The second-order valence-electron chi connectivity index (χ2n) is 11.7. The fourth-order valence-corrected chi connectivity index (χ4v) is 6.72. The molecule has 0 unspecified atom stereocenters. The molecule has 9 rings (SSSR count). The highest BCUT2D eigenvalue weighted by atomic mass is 16.3. The molecule has 0 aliphatic rings. The van der Waals surface area contributed by atoms with Crippen LogP contribution in [0.2, 0.25) is 0 Å². The molecule has 9 aromatic rings. The Hall–Kier alpha value is -5.88. The van der Waals surface area contributed by atoms with Crippen LogP contribution in [0, 0.1) is 0 Å². The molecule has 0 fully saturated rings. The molecule has 0 radical (unpaired) electrons. The SMILES string of the molecule is CCn1ccnc1-c1ccc2oc3ccc(-c4cccc(-c5ccc6oc7ccc(-c8nccn8CC)cc7c6c5)c4)cc3c2c1. The first-order valence-corrected chi connectivity index (χ1v) is 15.7. The smallest absolute Gasteiger partial charge is 0.139 e. The van der Waals surface area contributed by atoms with Crippen LogP contribution < -0.4 is 0 Å². The predicted molar refractivity (Wildman–Crippen MR) is 186 cm³/mol. The zero-order chi connectivity index (χ0) is 30.8. The normalized spacial score (nSPS) is 11.9. The maximum atomic E-state index is 6.24. The van der Waals surface area contributed by atoms with E-state index < -0.39 is 0 Å². The molecule has 0 amide bonds. The van der Waals surface area contributed by atoms with Crippen LogP contribution in [0.3, 0.4) is 0 Å². The van der Waals surface area contributed by atoms with Crippen LogP contribution in [0.1, 0.15) is 13.8 Å². The molecule has 4 heterocycles. The van der Waals surface area contributed by atoms with Crippen LogP contribution in [-0.4, -0.2) is 19.1 Å². The van der Waals surface area contributed by atoms with Gasteiger partial charge in [0.05, 0.1) is 0 Å². The summed E-state index contributed by atoms with van der Waals surface area (Å²) >= 11 is 0. The molecule has 0 aliphatic carbocycles. The summed E-state index contributed by atoms with van der Waals surface area (Å²) in [6, 6.07) is 34.3. The summed E-state index contributed by atoms with van der Waals surface area (Å²) in [5, 5.41) is 4.38. The van der Waals surface area contributed by atoms with Gasteiger partial charge in [-0.3, -0.25) is 0 Å². The van der Waals surface area contributed by atoms with Crippen molar-refractivity contribution < 1.29 is 8.83 Å². The highest BCUT2D eigenvalue weighted by molar-refractivity contribution is 6.08. The van der Waals surface area contributed by atoms with Crippen molar-refractivity contribution in [3.63, 3.8) is 0 Å². The maximum absolute atomic E-state index is 6.24. The van der Waals surface area contributed by atoms with Gasteiger partial charge in [-0.05, 0) is 103 Å². The Kier molecular flexibility index (Phi) is 5.96. The number of hydrogen-bond donors (Lipinski definition) is 0. The van der Waals surface area contributed by atoms with E-state index >= 15 is 0 Å². The molecule has 6 heteroatoms. The predicted octanol–water partition coefficient (Wildman–Crippen LogP) is 10.6. The van der Waals surface area contributed by atoms with Gasteiger partial charge in [0.2, 0.25) is 0 Å². The van der Waals surface area contributed by atoms with Gasteiger partial charge in [-0.15, -0.1) is 0 Å². The van der Waals surface area contributed by atoms with E-state index in [1.807, 2.05) is 24.8 Å². The molecule has 5 aromatic carbocycles. The third-order valence-corrected chi connectivity index (χ3v) is 9.10. The van der Waals surface area contributed by atoms with Crippen molar-refractivity contribution in [1.82, 2.24) is 19.1 Å². The number of imidazole rings is 2. The van der Waals surface area contributed by atoms with Gasteiger partial charge in [-0.2, -0.15) is 0 Å². The second kappa shape index (κ2) is 10.3. The van der Waals surface area contributed by atoms with Crippen LogP contribution in [-0.2, 0) is 13.1 Å². The highest BCUT2D eigenvalue weighted by Gasteiger charge is 2.15. The van der Waals surface area contributed by atoms with Gasteiger partial charge < -0.3 is 18.0 Å². The lowest BCUT2D eigenvalue weighted by atomic mass is 9.97. The van der Waals surface area contributed by atoms with Crippen molar-refractivity contribution in [3.8, 4) is 45.0 Å². The van der Waals surface area contributed by atoms with E-state index in [0.29, 0.717) is 0 Å². The van der Waals surface area contributed by atoms with Crippen LogP contribution in [0.15, 0.2) is 131 Å². The van der Waals surface area contributed by atoms with Crippen molar-refractivity contribution in [2.45, 2.75) is 26.9 Å². The Morgan fingerprint density at radius 2 is 0.826 bits per heavy atom. The molecule has 46 heavy (non-hydrogen) atoms. The molecule has 0 aliphatic heterocycles. The lowest BCUT2D eigenvalue weighted by molar-refractivity contribution is 0.668. The van der Waals surface area contributed by atoms with Crippen molar-refractivity contribution in [2.24, 2.45) is 0 Å². The molecule has 0 saturated carbocycles. The number of hydrogen-bond acceptors (Lipinski definition) is 4. The summed E-state index contributed by atoms with van der Waals surface area (Å²) in [4.78, 5) is 9.22. The maximum Gasteiger partial charge on any atom is 0.139 e. The Morgan fingerprint density at radius 1 is 0.457 bits per heavy atom. The summed E-state index contributed by atoms with van der Waals surface area (Å²) in [7, 11) is 0. The Labute approximate surface area is 265 Å². The van der Waals surface area contributed by atoms with Crippen molar-refractivity contribution >= 4 is 43.9 Å². The average molecular weight is 599 g/mol. The third-order valence-electron chi connectivity index (χ3n) is 9.10. The van der Waals surface area contributed by atoms with E-state index in [9.17, 15) is 0 Å². The fourth-order valence-electron chi connectivity index (χ4n) is 6.72. The first-order valence-electron chi connectivity index (χ1n) is 15.7. The third kappa shape index (κ3) is 4.18. The minimum Gasteiger partial charge on any atom is -0.456 e. The summed E-state index contributed by atoms with van der Waals surface area (Å²) in [6.45, 7) is 6.01.